The van der Waals surface area contributed by atoms with Crippen LogP contribution in [0, 0.1) is 11.8 Å². The molecule has 3 aromatic carbocycles. The normalized spacial score (nSPS) is 12.0. The molecule has 0 saturated carbocycles. The molecule has 2 aromatic heterocycles. The third-order valence-electron chi connectivity index (χ3n) is 6.47. The summed E-state index contributed by atoms with van der Waals surface area (Å²) in [6.45, 7) is 9.25. The number of para-hydroxylation sites is 1. The summed E-state index contributed by atoms with van der Waals surface area (Å²) in [4.78, 5) is 4.80. The molecule has 5 aromatic rings. The van der Waals surface area contributed by atoms with Crippen molar-refractivity contribution in [3.63, 3.8) is 0 Å². The molecule has 168 valence electrons. The van der Waals surface area contributed by atoms with Gasteiger partial charge in [-0.2, -0.15) is 0 Å². The number of rotatable bonds is 6. The van der Waals surface area contributed by atoms with Crippen molar-refractivity contribution in [3.05, 3.63) is 84.2 Å². The molecule has 0 aliphatic rings. The molecule has 0 amide bonds. The number of nitrogens with zero attached hydrogens (tertiary/aromatic N) is 3. The molecular formula is C30H33N3. The number of aryl methyl sites for hydroxylation is 1. The maximum absolute atomic E-state index is 4.80. The van der Waals surface area contributed by atoms with E-state index in [0.29, 0.717) is 11.8 Å². The maximum atomic E-state index is 4.80. The third-order valence-corrected chi connectivity index (χ3v) is 6.47. The Bertz CT molecular complexity index is 1420. The van der Waals surface area contributed by atoms with Gasteiger partial charge in [0.05, 0.1) is 11.2 Å². The molecule has 5 rings (SSSR count). The Morgan fingerprint density at radius 2 is 1.48 bits per heavy atom. The van der Waals surface area contributed by atoms with E-state index in [-0.39, 0.29) is 0 Å². The van der Waals surface area contributed by atoms with Crippen LogP contribution in [-0.4, -0.2) is 14.1 Å². The van der Waals surface area contributed by atoms with Gasteiger partial charge in [0.25, 0.3) is 0 Å². The molecule has 0 saturated heterocycles. The van der Waals surface area contributed by atoms with E-state index in [4.69, 9.17) is 4.98 Å². The number of benzene rings is 3. The molecule has 2 heterocycles. The zero-order chi connectivity index (χ0) is 23.1. The smallest absolute Gasteiger partial charge is 0.144 e. The number of fused-ring (bicyclic) bond motifs is 3. The highest BCUT2D eigenvalue weighted by Gasteiger charge is 2.23. The van der Waals surface area contributed by atoms with Crippen LogP contribution in [-0.2, 0) is 19.9 Å². The van der Waals surface area contributed by atoms with Crippen molar-refractivity contribution in [2.75, 3.05) is 0 Å². The average molecular weight is 436 g/mol. The Labute approximate surface area is 196 Å². The van der Waals surface area contributed by atoms with Crippen molar-refractivity contribution in [2.24, 2.45) is 18.9 Å². The summed E-state index contributed by atoms with van der Waals surface area (Å²) in [7, 11) is 2.21. The minimum Gasteiger partial charge on any atom is -0.342 e. The van der Waals surface area contributed by atoms with Crippen LogP contribution in [0.5, 0.6) is 0 Å². The second-order valence-electron chi connectivity index (χ2n) is 10.0. The van der Waals surface area contributed by atoms with Crippen molar-refractivity contribution in [1.29, 1.82) is 0 Å². The summed E-state index contributed by atoms with van der Waals surface area (Å²) < 4.78 is 4.70. The molecule has 0 radical (unpaired) electrons. The first-order chi connectivity index (χ1) is 16.0. The topological polar surface area (TPSA) is 22.8 Å². The average Bonchev–Trinajstić information content (AvgIpc) is 3.38. The van der Waals surface area contributed by atoms with Crippen LogP contribution in [0.4, 0.5) is 0 Å². The van der Waals surface area contributed by atoms with Crippen LogP contribution in [0.25, 0.3) is 38.9 Å². The summed E-state index contributed by atoms with van der Waals surface area (Å²) in [6, 6.07) is 21.8. The Kier molecular flexibility index (Phi) is 5.57. The van der Waals surface area contributed by atoms with Gasteiger partial charge in [0.2, 0.25) is 0 Å². The second kappa shape index (κ2) is 8.55. The van der Waals surface area contributed by atoms with Crippen LogP contribution in [0.15, 0.2) is 73.1 Å². The standard InChI is InChI=1S/C30H33N3/c1-20(2)17-23-19-24(18-21(3)4)28(29-27(23)25-13-9-10-14-26(25)32(29)5)33-16-15-31-30(33)22-11-7-6-8-12-22/h6-16,19-21H,17-18H2,1-5H3. The highest BCUT2D eigenvalue weighted by atomic mass is 15.1. The van der Waals surface area contributed by atoms with Crippen LogP contribution < -0.4 is 0 Å². The summed E-state index contributed by atoms with van der Waals surface area (Å²) in [5.74, 6) is 2.15. The lowest BCUT2D eigenvalue weighted by atomic mass is 9.91. The van der Waals surface area contributed by atoms with Gasteiger partial charge < -0.3 is 4.57 Å². The first-order valence-electron chi connectivity index (χ1n) is 12.1. The summed E-state index contributed by atoms with van der Waals surface area (Å²) in [5, 5.41) is 2.72. The van der Waals surface area contributed by atoms with E-state index >= 15 is 0 Å². The van der Waals surface area contributed by atoms with Crippen LogP contribution in [0.1, 0.15) is 38.8 Å². The monoisotopic (exact) mass is 435 g/mol. The lowest BCUT2D eigenvalue weighted by Crippen LogP contribution is -2.09. The predicted octanol–water partition coefficient (Wildman–Crippen LogP) is 7.58. The highest BCUT2D eigenvalue weighted by Crippen LogP contribution is 2.39. The molecule has 0 unspecified atom stereocenters. The zero-order valence-electron chi connectivity index (χ0n) is 20.3. The van der Waals surface area contributed by atoms with Crippen molar-refractivity contribution in [1.82, 2.24) is 14.1 Å². The third kappa shape index (κ3) is 3.76. The van der Waals surface area contributed by atoms with Crippen LogP contribution in [0.2, 0.25) is 0 Å². The van der Waals surface area contributed by atoms with E-state index in [0.717, 1.165) is 24.2 Å². The highest BCUT2D eigenvalue weighted by molar-refractivity contribution is 6.13. The second-order valence-corrected chi connectivity index (χ2v) is 10.0. The molecular weight excluding hydrogens is 402 g/mol. The fourth-order valence-electron chi connectivity index (χ4n) is 5.25. The lowest BCUT2D eigenvalue weighted by molar-refractivity contribution is 0.636. The zero-order valence-corrected chi connectivity index (χ0v) is 20.3. The Morgan fingerprint density at radius 1 is 0.818 bits per heavy atom. The van der Waals surface area contributed by atoms with Crippen molar-refractivity contribution in [3.8, 4) is 17.1 Å². The molecule has 33 heavy (non-hydrogen) atoms. The van der Waals surface area contributed by atoms with Gasteiger partial charge in [0.1, 0.15) is 5.82 Å². The number of aromatic nitrogens is 3. The first kappa shape index (κ1) is 21.5. The molecule has 0 spiro atoms. The Morgan fingerprint density at radius 3 is 2.21 bits per heavy atom. The molecule has 3 heteroatoms. The number of hydrogen-bond donors (Lipinski definition) is 0. The molecule has 0 atom stereocenters. The van der Waals surface area contributed by atoms with E-state index in [2.05, 4.69) is 111 Å². The van der Waals surface area contributed by atoms with E-state index in [9.17, 15) is 0 Å². The van der Waals surface area contributed by atoms with Gasteiger partial charge in [-0.3, -0.25) is 4.57 Å². The Hall–Kier alpha value is -3.33. The van der Waals surface area contributed by atoms with E-state index in [1.807, 2.05) is 6.20 Å². The molecule has 0 fully saturated rings. The first-order valence-corrected chi connectivity index (χ1v) is 12.1. The van der Waals surface area contributed by atoms with Gasteiger partial charge in [-0.05, 0) is 41.9 Å². The molecule has 3 nitrogen and oxygen atoms in total. The molecule has 0 aliphatic carbocycles. The van der Waals surface area contributed by atoms with Gasteiger partial charge in [0, 0.05) is 41.3 Å². The van der Waals surface area contributed by atoms with Gasteiger partial charge in [-0.1, -0.05) is 82.3 Å². The van der Waals surface area contributed by atoms with Gasteiger partial charge in [0.15, 0.2) is 0 Å². The predicted molar refractivity (Wildman–Crippen MR) is 140 cm³/mol. The van der Waals surface area contributed by atoms with E-state index < -0.39 is 0 Å². The molecule has 0 aliphatic heterocycles. The summed E-state index contributed by atoms with van der Waals surface area (Å²) in [6.07, 6.45) is 6.16. The van der Waals surface area contributed by atoms with Crippen molar-refractivity contribution < 1.29 is 0 Å². The van der Waals surface area contributed by atoms with Crippen LogP contribution >= 0.6 is 0 Å². The van der Waals surface area contributed by atoms with Gasteiger partial charge in [-0.15, -0.1) is 0 Å². The molecule has 0 N–H and O–H groups in total. The maximum Gasteiger partial charge on any atom is 0.144 e. The van der Waals surface area contributed by atoms with Crippen molar-refractivity contribution in [2.45, 2.75) is 40.5 Å². The van der Waals surface area contributed by atoms with E-state index in [1.54, 1.807) is 0 Å². The minimum absolute atomic E-state index is 0.562. The number of hydrogen-bond acceptors (Lipinski definition) is 1. The Balaban J connectivity index is 1.92. The summed E-state index contributed by atoms with van der Waals surface area (Å²) >= 11 is 0. The minimum atomic E-state index is 0.562. The molecule has 0 bridgehead atoms. The van der Waals surface area contributed by atoms with Crippen LogP contribution in [0.3, 0.4) is 0 Å². The fourth-order valence-corrected chi connectivity index (χ4v) is 5.25. The van der Waals surface area contributed by atoms with Gasteiger partial charge in [-0.25, -0.2) is 4.98 Å². The summed E-state index contributed by atoms with van der Waals surface area (Å²) in [5.41, 5.74) is 7.84. The van der Waals surface area contributed by atoms with Gasteiger partial charge >= 0.3 is 0 Å². The SMILES string of the molecule is CC(C)Cc1cc(CC(C)C)c2c3ccccc3n(C)c2c1-n1ccnc1-c1ccccc1. The fraction of sp³-hybridized carbons (Fsp3) is 0.300. The number of imidazole rings is 1. The quantitative estimate of drug-likeness (QED) is 0.269. The van der Waals surface area contributed by atoms with Crippen molar-refractivity contribution >= 4 is 21.8 Å². The lowest BCUT2D eigenvalue weighted by Gasteiger charge is -2.20. The largest absolute Gasteiger partial charge is 0.342 e. The van der Waals surface area contributed by atoms with E-state index in [1.165, 1.54) is 38.6 Å².